The van der Waals surface area contributed by atoms with Gasteiger partial charge in [-0.15, -0.1) is 0 Å². The van der Waals surface area contributed by atoms with Crippen molar-refractivity contribution in [3.63, 3.8) is 0 Å². The number of carbonyl (C=O) groups excluding carboxylic acids is 2. The highest BCUT2D eigenvalue weighted by Gasteiger charge is 2.48. The average molecular weight is 268 g/mol. The maximum atomic E-state index is 12.3. The normalized spacial score (nSPS) is 28.1. The van der Waals surface area contributed by atoms with E-state index in [1.54, 1.807) is 9.80 Å². The number of nitrogens with zero attached hydrogens (tertiary/aromatic N) is 2. The number of amides is 2. The van der Waals surface area contributed by atoms with Crippen LogP contribution in [-0.2, 0) is 9.53 Å². The summed E-state index contributed by atoms with van der Waals surface area (Å²) in [5.74, 6) is 0.181. The van der Waals surface area contributed by atoms with Crippen LogP contribution in [0.25, 0.3) is 0 Å². The molecule has 0 saturated carbocycles. The van der Waals surface area contributed by atoms with Gasteiger partial charge in [0.25, 0.3) is 0 Å². The molecule has 0 bridgehead atoms. The molecule has 0 radical (unpaired) electrons. The van der Waals surface area contributed by atoms with Crippen molar-refractivity contribution in [2.45, 2.75) is 45.6 Å². The third-order valence-corrected chi connectivity index (χ3v) is 3.95. The first-order chi connectivity index (χ1) is 8.73. The lowest BCUT2D eigenvalue weighted by Crippen LogP contribution is -2.50. The molecule has 1 atom stereocenters. The minimum Gasteiger partial charge on any atom is -0.444 e. The molecule has 2 amide bonds. The van der Waals surface area contributed by atoms with Gasteiger partial charge in [-0.2, -0.15) is 0 Å². The summed E-state index contributed by atoms with van der Waals surface area (Å²) in [4.78, 5) is 27.9. The molecule has 19 heavy (non-hydrogen) atoms. The molecule has 0 aromatic heterocycles. The lowest BCUT2D eigenvalue weighted by atomic mass is 9.78. The lowest BCUT2D eigenvalue weighted by Gasteiger charge is -2.39. The third kappa shape index (κ3) is 2.85. The Balaban J connectivity index is 2.06. The number of piperidine rings is 1. The van der Waals surface area contributed by atoms with E-state index in [0.29, 0.717) is 13.1 Å². The third-order valence-electron chi connectivity index (χ3n) is 3.95. The van der Waals surface area contributed by atoms with Crippen molar-refractivity contribution in [3.8, 4) is 0 Å². The first-order valence-corrected chi connectivity index (χ1v) is 6.97. The Labute approximate surface area is 114 Å². The van der Waals surface area contributed by atoms with Crippen LogP contribution in [0.5, 0.6) is 0 Å². The van der Waals surface area contributed by atoms with Gasteiger partial charge >= 0.3 is 6.09 Å². The zero-order chi connectivity index (χ0) is 14.3. The Morgan fingerprint density at radius 1 is 1.26 bits per heavy atom. The molecule has 0 aliphatic carbocycles. The summed E-state index contributed by atoms with van der Waals surface area (Å²) in [5.41, 5.74) is -0.845. The molecule has 1 spiro atoms. The predicted octanol–water partition coefficient (Wildman–Crippen LogP) is 1.87. The van der Waals surface area contributed by atoms with Gasteiger partial charge < -0.3 is 14.5 Å². The topological polar surface area (TPSA) is 49.9 Å². The van der Waals surface area contributed by atoms with E-state index >= 15 is 0 Å². The molecule has 2 aliphatic heterocycles. The van der Waals surface area contributed by atoms with E-state index in [4.69, 9.17) is 4.74 Å². The maximum Gasteiger partial charge on any atom is 0.410 e. The van der Waals surface area contributed by atoms with Crippen molar-refractivity contribution in [1.82, 2.24) is 9.80 Å². The molecule has 0 aromatic rings. The number of ether oxygens (including phenoxy) is 1. The minimum atomic E-state index is -0.488. The van der Waals surface area contributed by atoms with Gasteiger partial charge in [-0.05, 0) is 40.0 Å². The second-order valence-corrected chi connectivity index (χ2v) is 6.76. The van der Waals surface area contributed by atoms with Gasteiger partial charge in [0.2, 0.25) is 5.91 Å². The minimum absolute atomic E-state index is 0.181. The first kappa shape index (κ1) is 14.2. The Hall–Kier alpha value is -1.26. The Morgan fingerprint density at radius 3 is 2.47 bits per heavy atom. The fraction of sp³-hybridized carbons (Fsp3) is 0.857. The molecule has 108 valence electrons. The molecule has 5 heteroatoms. The monoisotopic (exact) mass is 268 g/mol. The van der Waals surface area contributed by atoms with Crippen LogP contribution in [0.1, 0.15) is 40.0 Å². The smallest absolute Gasteiger partial charge is 0.410 e. The summed E-state index contributed by atoms with van der Waals surface area (Å²) < 4.78 is 5.40. The van der Waals surface area contributed by atoms with E-state index in [1.807, 2.05) is 27.8 Å². The summed E-state index contributed by atoms with van der Waals surface area (Å²) in [6.45, 7) is 7.57. The van der Waals surface area contributed by atoms with Gasteiger partial charge in [-0.25, -0.2) is 4.79 Å². The van der Waals surface area contributed by atoms with Gasteiger partial charge in [-0.3, -0.25) is 4.79 Å². The van der Waals surface area contributed by atoms with Crippen LogP contribution in [0, 0.1) is 5.41 Å². The average Bonchev–Trinajstić information content (AvgIpc) is 2.56. The Kier molecular flexibility index (Phi) is 3.49. The van der Waals surface area contributed by atoms with Crippen LogP contribution in [0.4, 0.5) is 4.79 Å². The second-order valence-electron chi connectivity index (χ2n) is 6.76. The van der Waals surface area contributed by atoms with Crippen LogP contribution in [0.2, 0.25) is 0 Å². The SMILES string of the molecule is CN1CC[C@@]2(CCCN(C(=O)OC(C)(C)C)C2)C1=O. The first-order valence-electron chi connectivity index (χ1n) is 6.97. The Bertz CT molecular complexity index is 385. The van der Waals surface area contributed by atoms with Crippen molar-refractivity contribution in [2.24, 2.45) is 5.41 Å². The Morgan fingerprint density at radius 2 is 1.95 bits per heavy atom. The van der Waals surface area contributed by atoms with Gasteiger partial charge in [0.05, 0.1) is 5.41 Å². The van der Waals surface area contributed by atoms with Crippen molar-refractivity contribution < 1.29 is 14.3 Å². The van der Waals surface area contributed by atoms with Crippen LogP contribution < -0.4 is 0 Å². The quantitative estimate of drug-likeness (QED) is 0.674. The second kappa shape index (κ2) is 4.69. The fourth-order valence-corrected chi connectivity index (χ4v) is 2.99. The molecule has 5 nitrogen and oxygen atoms in total. The largest absolute Gasteiger partial charge is 0.444 e. The van der Waals surface area contributed by atoms with Crippen molar-refractivity contribution in [2.75, 3.05) is 26.7 Å². The molecule has 0 unspecified atom stereocenters. The number of hydrogen-bond donors (Lipinski definition) is 0. The molecule has 0 aromatic carbocycles. The summed E-state index contributed by atoms with van der Waals surface area (Å²) in [7, 11) is 1.84. The van der Waals surface area contributed by atoms with E-state index in [0.717, 1.165) is 25.8 Å². The van der Waals surface area contributed by atoms with E-state index < -0.39 is 5.60 Å². The molecule has 0 N–H and O–H groups in total. The van der Waals surface area contributed by atoms with Crippen molar-refractivity contribution in [1.29, 1.82) is 0 Å². The summed E-state index contributed by atoms with van der Waals surface area (Å²) in [5, 5.41) is 0. The number of likely N-dealkylation sites (tertiary alicyclic amines) is 2. The van der Waals surface area contributed by atoms with Gasteiger partial charge in [0, 0.05) is 26.7 Å². The molecule has 2 fully saturated rings. The van der Waals surface area contributed by atoms with Crippen LogP contribution >= 0.6 is 0 Å². The lowest BCUT2D eigenvalue weighted by molar-refractivity contribution is -0.137. The van der Waals surface area contributed by atoms with Gasteiger partial charge in [0.1, 0.15) is 5.60 Å². The summed E-state index contributed by atoms with van der Waals surface area (Å²) >= 11 is 0. The molecule has 2 aliphatic rings. The molecule has 2 heterocycles. The van der Waals surface area contributed by atoms with Crippen molar-refractivity contribution >= 4 is 12.0 Å². The fourth-order valence-electron chi connectivity index (χ4n) is 2.99. The van der Waals surface area contributed by atoms with Crippen LogP contribution in [0.15, 0.2) is 0 Å². The number of carbonyl (C=O) groups is 2. The molecular weight excluding hydrogens is 244 g/mol. The van der Waals surface area contributed by atoms with Gasteiger partial charge in [0.15, 0.2) is 0 Å². The van der Waals surface area contributed by atoms with E-state index in [-0.39, 0.29) is 17.4 Å². The van der Waals surface area contributed by atoms with E-state index in [1.165, 1.54) is 0 Å². The van der Waals surface area contributed by atoms with Crippen molar-refractivity contribution in [3.05, 3.63) is 0 Å². The highest BCUT2D eigenvalue weighted by Crippen LogP contribution is 2.39. The highest BCUT2D eigenvalue weighted by molar-refractivity contribution is 5.85. The maximum absolute atomic E-state index is 12.3. The van der Waals surface area contributed by atoms with E-state index in [9.17, 15) is 9.59 Å². The summed E-state index contributed by atoms with van der Waals surface area (Å²) in [6.07, 6.45) is 2.31. The number of hydrogen-bond acceptors (Lipinski definition) is 3. The van der Waals surface area contributed by atoms with Crippen LogP contribution in [0.3, 0.4) is 0 Å². The number of rotatable bonds is 0. The van der Waals surface area contributed by atoms with Gasteiger partial charge in [-0.1, -0.05) is 0 Å². The van der Waals surface area contributed by atoms with Crippen LogP contribution in [-0.4, -0.2) is 54.1 Å². The summed E-state index contributed by atoms with van der Waals surface area (Å²) in [6, 6.07) is 0. The molecule has 2 saturated heterocycles. The predicted molar refractivity (Wildman–Crippen MR) is 71.7 cm³/mol. The molecule has 2 rings (SSSR count). The molecular formula is C14H24N2O3. The zero-order valence-electron chi connectivity index (χ0n) is 12.4. The zero-order valence-corrected chi connectivity index (χ0v) is 12.4. The standard InChI is InChI=1S/C14H24N2O3/c1-13(2,3)19-12(18)16-8-5-6-14(10-16)7-9-15(4)11(14)17/h5-10H2,1-4H3/t14-/m1/s1. The van der Waals surface area contributed by atoms with E-state index in [2.05, 4.69) is 0 Å². The highest BCUT2D eigenvalue weighted by atomic mass is 16.6.